The van der Waals surface area contributed by atoms with Gasteiger partial charge in [-0.1, -0.05) is 19.1 Å². The van der Waals surface area contributed by atoms with Crippen LogP contribution >= 0.6 is 0 Å². The Morgan fingerprint density at radius 3 is 2.60 bits per heavy atom. The minimum absolute atomic E-state index is 0.675. The van der Waals surface area contributed by atoms with E-state index in [-0.39, 0.29) is 0 Å². The molecule has 0 fully saturated rings. The quantitative estimate of drug-likeness (QED) is 0.837. The van der Waals surface area contributed by atoms with E-state index in [9.17, 15) is 0 Å². The van der Waals surface area contributed by atoms with E-state index in [4.69, 9.17) is 5.26 Å². The van der Waals surface area contributed by atoms with Crippen LogP contribution in [0.25, 0.3) is 11.3 Å². The molecule has 0 bridgehead atoms. The van der Waals surface area contributed by atoms with Crippen molar-refractivity contribution in [2.45, 2.75) is 19.9 Å². The van der Waals surface area contributed by atoms with Crippen LogP contribution in [0.15, 0.2) is 30.6 Å². The standard InChI is InChI=1S/C16H20N4/c1-4-9-19(2)11-15-16(18-12-20(15)3)14-7-5-13(10-17)6-8-14/h5-8,12H,4,9,11H2,1-3H3. The maximum absolute atomic E-state index is 8.86. The van der Waals surface area contributed by atoms with Crippen LogP contribution in [0, 0.1) is 11.3 Å². The lowest BCUT2D eigenvalue weighted by atomic mass is 10.1. The first-order valence-corrected chi connectivity index (χ1v) is 6.85. The molecular formula is C16H20N4. The lowest BCUT2D eigenvalue weighted by molar-refractivity contribution is 0.320. The molecule has 1 aromatic heterocycles. The third kappa shape index (κ3) is 3.06. The molecule has 0 amide bonds. The van der Waals surface area contributed by atoms with E-state index >= 15 is 0 Å². The Hall–Kier alpha value is -2.12. The Morgan fingerprint density at radius 1 is 1.30 bits per heavy atom. The van der Waals surface area contributed by atoms with Gasteiger partial charge in [0, 0.05) is 19.2 Å². The highest BCUT2D eigenvalue weighted by atomic mass is 15.1. The summed E-state index contributed by atoms with van der Waals surface area (Å²) in [7, 11) is 4.15. The highest BCUT2D eigenvalue weighted by Gasteiger charge is 2.12. The molecule has 0 aliphatic rings. The molecule has 0 saturated heterocycles. The number of benzene rings is 1. The second-order valence-electron chi connectivity index (χ2n) is 5.08. The lowest BCUT2D eigenvalue weighted by Gasteiger charge is -2.16. The summed E-state index contributed by atoms with van der Waals surface area (Å²) < 4.78 is 2.07. The first kappa shape index (κ1) is 14.3. The van der Waals surface area contributed by atoms with E-state index in [1.165, 1.54) is 5.69 Å². The highest BCUT2D eigenvalue weighted by Crippen LogP contribution is 2.23. The molecule has 0 aliphatic carbocycles. The summed E-state index contributed by atoms with van der Waals surface area (Å²) in [6.45, 7) is 4.12. The average molecular weight is 268 g/mol. The van der Waals surface area contributed by atoms with Gasteiger partial charge >= 0.3 is 0 Å². The molecule has 0 aliphatic heterocycles. The van der Waals surface area contributed by atoms with Gasteiger partial charge in [0.25, 0.3) is 0 Å². The predicted molar refractivity (Wildman–Crippen MR) is 80.0 cm³/mol. The maximum atomic E-state index is 8.86. The van der Waals surface area contributed by atoms with Gasteiger partial charge in [-0.25, -0.2) is 4.98 Å². The number of imidazole rings is 1. The van der Waals surface area contributed by atoms with E-state index in [1.807, 2.05) is 37.6 Å². The molecule has 1 aromatic carbocycles. The number of nitrogens with zero attached hydrogens (tertiary/aromatic N) is 4. The van der Waals surface area contributed by atoms with Gasteiger partial charge < -0.3 is 9.47 Å². The summed E-state index contributed by atoms with van der Waals surface area (Å²) >= 11 is 0. The number of aromatic nitrogens is 2. The van der Waals surface area contributed by atoms with E-state index < -0.39 is 0 Å². The molecule has 0 saturated carbocycles. The van der Waals surface area contributed by atoms with Gasteiger partial charge in [-0.2, -0.15) is 5.26 Å². The average Bonchev–Trinajstić information content (AvgIpc) is 2.81. The van der Waals surface area contributed by atoms with Crippen molar-refractivity contribution in [1.29, 1.82) is 5.26 Å². The van der Waals surface area contributed by atoms with Crippen molar-refractivity contribution in [1.82, 2.24) is 14.5 Å². The smallest absolute Gasteiger partial charge is 0.0991 e. The van der Waals surface area contributed by atoms with Crippen molar-refractivity contribution < 1.29 is 0 Å². The summed E-state index contributed by atoms with van der Waals surface area (Å²) in [5, 5.41) is 8.86. The van der Waals surface area contributed by atoms with Crippen molar-refractivity contribution >= 4 is 0 Å². The molecule has 1 heterocycles. The Morgan fingerprint density at radius 2 is 2.00 bits per heavy atom. The highest BCUT2D eigenvalue weighted by molar-refractivity contribution is 5.62. The van der Waals surface area contributed by atoms with Gasteiger partial charge in [0.15, 0.2) is 0 Å². The lowest BCUT2D eigenvalue weighted by Crippen LogP contribution is -2.20. The fourth-order valence-corrected chi connectivity index (χ4v) is 2.30. The van der Waals surface area contributed by atoms with Gasteiger partial charge in [0.2, 0.25) is 0 Å². The fourth-order valence-electron chi connectivity index (χ4n) is 2.30. The number of nitriles is 1. The van der Waals surface area contributed by atoms with Crippen LogP contribution in [0.4, 0.5) is 0 Å². The van der Waals surface area contributed by atoms with Crippen LogP contribution < -0.4 is 0 Å². The van der Waals surface area contributed by atoms with E-state index in [1.54, 1.807) is 0 Å². The SMILES string of the molecule is CCCN(C)Cc1c(-c2ccc(C#N)cc2)ncn1C. The third-order valence-electron chi connectivity index (χ3n) is 3.37. The van der Waals surface area contributed by atoms with Crippen LogP contribution in [-0.4, -0.2) is 28.0 Å². The Bertz CT molecular complexity index is 604. The largest absolute Gasteiger partial charge is 0.336 e. The van der Waals surface area contributed by atoms with Crippen molar-refractivity contribution in [2.75, 3.05) is 13.6 Å². The molecule has 104 valence electrons. The Kier molecular flexibility index (Phi) is 4.54. The molecule has 2 aromatic rings. The monoisotopic (exact) mass is 268 g/mol. The normalized spacial score (nSPS) is 10.8. The first-order valence-electron chi connectivity index (χ1n) is 6.85. The molecule has 20 heavy (non-hydrogen) atoms. The van der Waals surface area contributed by atoms with Crippen molar-refractivity contribution in [3.8, 4) is 17.3 Å². The number of rotatable bonds is 5. The summed E-state index contributed by atoms with van der Waals surface area (Å²) in [4.78, 5) is 6.80. The second kappa shape index (κ2) is 6.36. The van der Waals surface area contributed by atoms with Gasteiger partial charge in [0.1, 0.15) is 0 Å². The van der Waals surface area contributed by atoms with Gasteiger partial charge in [0.05, 0.1) is 29.3 Å². The van der Waals surface area contributed by atoms with Gasteiger partial charge in [-0.15, -0.1) is 0 Å². The zero-order chi connectivity index (χ0) is 14.5. The zero-order valence-corrected chi connectivity index (χ0v) is 12.3. The molecule has 4 nitrogen and oxygen atoms in total. The summed E-state index contributed by atoms with van der Waals surface area (Å²) in [5.41, 5.74) is 3.93. The number of hydrogen-bond donors (Lipinski definition) is 0. The topological polar surface area (TPSA) is 44.9 Å². The minimum atomic E-state index is 0.675. The van der Waals surface area contributed by atoms with Crippen molar-refractivity contribution in [3.05, 3.63) is 41.9 Å². The molecule has 0 radical (unpaired) electrons. The molecular weight excluding hydrogens is 248 g/mol. The molecule has 0 N–H and O–H groups in total. The molecule has 4 heteroatoms. The van der Waals surface area contributed by atoms with E-state index in [0.717, 1.165) is 30.8 Å². The first-order chi connectivity index (χ1) is 9.65. The zero-order valence-electron chi connectivity index (χ0n) is 12.3. The fraction of sp³-hybridized carbons (Fsp3) is 0.375. The Labute approximate surface area is 120 Å². The summed E-state index contributed by atoms with van der Waals surface area (Å²) in [6.07, 6.45) is 2.99. The van der Waals surface area contributed by atoms with Crippen molar-refractivity contribution in [2.24, 2.45) is 7.05 Å². The van der Waals surface area contributed by atoms with Crippen molar-refractivity contribution in [3.63, 3.8) is 0 Å². The van der Waals surface area contributed by atoms with E-state index in [2.05, 4.69) is 34.5 Å². The third-order valence-corrected chi connectivity index (χ3v) is 3.37. The predicted octanol–water partition coefficient (Wildman–Crippen LogP) is 2.80. The van der Waals surface area contributed by atoms with Crippen LogP contribution in [0.2, 0.25) is 0 Å². The van der Waals surface area contributed by atoms with Gasteiger partial charge in [-0.05, 0) is 32.1 Å². The van der Waals surface area contributed by atoms with E-state index in [0.29, 0.717) is 5.56 Å². The summed E-state index contributed by atoms with van der Waals surface area (Å²) in [5.74, 6) is 0. The van der Waals surface area contributed by atoms with Crippen LogP contribution in [0.1, 0.15) is 24.6 Å². The van der Waals surface area contributed by atoms with Crippen LogP contribution in [0.5, 0.6) is 0 Å². The summed E-state index contributed by atoms with van der Waals surface area (Å²) in [6, 6.07) is 9.74. The number of aryl methyl sites for hydroxylation is 1. The second-order valence-corrected chi connectivity index (χ2v) is 5.08. The molecule has 0 atom stereocenters. The number of hydrogen-bond acceptors (Lipinski definition) is 3. The Balaban J connectivity index is 2.30. The minimum Gasteiger partial charge on any atom is -0.336 e. The van der Waals surface area contributed by atoms with Crippen LogP contribution in [0.3, 0.4) is 0 Å². The molecule has 0 spiro atoms. The van der Waals surface area contributed by atoms with Crippen LogP contribution in [-0.2, 0) is 13.6 Å². The maximum Gasteiger partial charge on any atom is 0.0991 e. The van der Waals surface area contributed by atoms with Gasteiger partial charge in [-0.3, -0.25) is 0 Å². The molecule has 0 unspecified atom stereocenters. The molecule has 2 rings (SSSR count).